The largest absolute Gasteiger partial charge is 0.368 e. The molecule has 130 valence electrons. The van der Waals surface area contributed by atoms with E-state index >= 15 is 0 Å². The van der Waals surface area contributed by atoms with E-state index < -0.39 is 0 Å². The molecule has 25 heavy (non-hydrogen) atoms. The van der Waals surface area contributed by atoms with Crippen molar-refractivity contribution in [1.29, 1.82) is 0 Å². The topological polar surface area (TPSA) is 97.6 Å². The fraction of sp³-hybridized carbons (Fsp3) is 0.312. The first-order chi connectivity index (χ1) is 12.1. The number of thiazole rings is 1. The molecule has 0 aliphatic carbocycles. The number of aromatic nitrogens is 5. The standard InChI is InChI=1S/C16H19N7OS/c1-10-12(3)23(8-21-10)14-6-13(19-7-20-14)17-4-5-18-16(24)15-11(2)22-9-25-15/h6-9H,4-5H2,1-3H3,(H,18,24)(H,17,19,20). The zero-order chi connectivity index (χ0) is 17.8. The lowest BCUT2D eigenvalue weighted by Gasteiger charge is -2.09. The van der Waals surface area contributed by atoms with Gasteiger partial charge in [-0.25, -0.2) is 19.9 Å². The second-order valence-electron chi connectivity index (χ2n) is 5.50. The average molecular weight is 357 g/mol. The number of nitrogens with zero attached hydrogens (tertiary/aromatic N) is 5. The maximum Gasteiger partial charge on any atom is 0.263 e. The van der Waals surface area contributed by atoms with Crippen LogP contribution >= 0.6 is 11.3 Å². The van der Waals surface area contributed by atoms with Gasteiger partial charge in [0.2, 0.25) is 0 Å². The van der Waals surface area contributed by atoms with Crippen LogP contribution in [0.4, 0.5) is 5.82 Å². The Labute approximate surface area is 149 Å². The van der Waals surface area contributed by atoms with Crippen LogP contribution in [0.2, 0.25) is 0 Å². The molecule has 9 heteroatoms. The first kappa shape index (κ1) is 17.0. The minimum absolute atomic E-state index is 0.102. The van der Waals surface area contributed by atoms with Crippen molar-refractivity contribution in [2.75, 3.05) is 18.4 Å². The molecule has 8 nitrogen and oxygen atoms in total. The van der Waals surface area contributed by atoms with Crippen molar-refractivity contribution in [3.05, 3.63) is 46.2 Å². The number of aryl methyl sites for hydroxylation is 2. The lowest BCUT2D eigenvalue weighted by Crippen LogP contribution is -2.28. The number of anilines is 1. The Morgan fingerprint density at radius 1 is 1.12 bits per heavy atom. The normalized spacial score (nSPS) is 10.7. The van der Waals surface area contributed by atoms with Crippen LogP contribution in [0.1, 0.15) is 26.8 Å². The monoisotopic (exact) mass is 357 g/mol. The molecular formula is C16H19N7OS. The molecular weight excluding hydrogens is 338 g/mol. The highest BCUT2D eigenvalue weighted by Crippen LogP contribution is 2.14. The second-order valence-corrected chi connectivity index (χ2v) is 6.35. The summed E-state index contributed by atoms with van der Waals surface area (Å²) in [4.78, 5) is 29.5. The molecule has 3 aromatic heterocycles. The number of carbonyl (C=O) groups is 1. The molecule has 0 aromatic carbocycles. The first-order valence-corrected chi connectivity index (χ1v) is 8.69. The lowest BCUT2D eigenvalue weighted by atomic mass is 10.3. The molecule has 0 saturated heterocycles. The third-order valence-corrected chi connectivity index (χ3v) is 4.75. The number of rotatable bonds is 6. The summed E-state index contributed by atoms with van der Waals surface area (Å²) in [7, 11) is 0. The second kappa shape index (κ2) is 7.39. The minimum atomic E-state index is -0.102. The van der Waals surface area contributed by atoms with E-state index in [-0.39, 0.29) is 5.91 Å². The summed E-state index contributed by atoms with van der Waals surface area (Å²) in [6.45, 7) is 6.82. The maximum absolute atomic E-state index is 12.0. The van der Waals surface area contributed by atoms with E-state index in [1.165, 1.54) is 17.7 Å². The van der Waals surface area contributed by atoms with Crippen LogP contribution < -0.4 is 10.6 Å². The van der Waals surface area contributed by atoms with Gasteiger partial charge >= 0.3 is 0 Å². The van der Waals surface area contributed by atoms with Crippen LogP contribution in [0.3, 0.4) is 0 Å². The van der Waals surface area contributed by atoms with E-state index in [1.807, 2.05) is 31.4 Å². The number of hydrogen-bond donors (Lipinski definition) is 2. The SMILES string of the molecule is Cc1ncsc1C(=O)NCCNc1cc(-n2cnc(C)c2C)ncn1. The Hall–Kier alpha value is -2.81. The zero-order valence-electron chi connectivity index (χ0n) is 14.3. The van der Waals surface area contributed by atoms with Gasteiger partial charge in [-0.3, -0.25) is 9.36 Å². The predicted molar refractivity (Wildman–Crippen MR) is 96.3 cm³/mol. The molecule has 0 spiro atoms. The van der Waals surface area contributed by atoms with Crippen molar-refractivity contribution < 1.29 is 4.79 Å². The molecule has 0 aliphatic heterocycles. The van der Waals surface area contributed by atoms with Crippen molar-refractivity contribution >= 4 is 23.1 Å². The molecule has 0 fully saturated rings. The molecule has 1 amide bonds. The number of imidazole rings is 1. The van der Waals surface area contributed by atoms with Gasteiger partial charge in [0, 0.05) is 24.8 Å². The molecule has 3 heterocycles. The fourth-order valence-electron chi connectivity index (χ4n) is 2.27. The summed E-state index contributed by atoms with van der Waals surface area (Å²) in [6, 6.07) is 1.85. The molecule has 0 bridgehead atoms. The maximum atomic E-state index is 12.0. The molecule has 0 aliphatic rings. The fourth-order valence-corrected chi connectivity index (χ4v) is 2.99. The smallest absolute Gasteiger partial charge is 0.263 e. The van der Waals surface area contributed by atoms with Gasteiger partial charge in [-0.05, 0) is 20.8 Å². The predicted octanol–water partition coefficient (Wildman–Crippen LogP) is 1.89. The number of amides is 1. The first-order valence-electron chi connectivity index (χ1n) is 7.81. The Bertz CT molecular complexity index is 886. The van der Waals surface area contributed by atoms with Gasteiger partial charge in [-0.1, -0.05) is 0 Å². The highest BCUT2D eigenvalue weighted by molar-refractivity contribution is 7.11. The van der Waals surface area contributed by atoms with E-state index in [1.54, 1.807) is 11.8 Å². The van der Waals surface area contributed by atoms with E-state index in [4.69, 9.17) is 0 Å². The Morgan fingerprint density at radius 2 is 1.96 bits per heavy atom. The highest BCUT2D eigenvalue weighted by atomic mass is 32.1. The van der Waals surface area contributed by atoms with Gasteiger partial charge in [0.1, 0.15) is 29.2 Å². The lowest BCUT2D eigenvalue weighted by molar-refractivity contribution is 0.0958. The third-order valence-electron chi connectivity index (χ3n) is 3.82. The number of hydrogen-bond acceptors (Lipinski definition) is 7. The van der Waals surface area contributed by atoms with Crippen LogP contribution in [0.15, 0.2) is 24.2 Å². The summed E-state index contributed by atoms with van der Waals surface area (Å²) in [6.07, 6.45) is 3.25. The van der Waals surface area contributed by atoms with E-state index in [0.717, 1.165) is 22.9 Å². The minimum Gasteiger partial charge on any atom is -0.368 e. The summed E-state index contributed by atoms with van der Waals surface area (Å²) in [5, 5.41) is 6.05. The molecule has 0 radical (unpaired) electrons. The molecule has 3 rings (SSSR count). The summed E-state index contributed by atoms with van der Waals surface area (Å²) < 4.78 is 1.91. The van der Waals surface area contributed by atoms with Crippen molar-refractivity contribution in [3.63, 3.8) is 0 Å². The van der Waals surface area contributed by atoms with Gasteiger partial charge in [0.15, 0.2) is 0 Å². The Morgan fingerprint density at radius 3 is 2.64 bits per heavy atom. The third kappa shape index (κ3) is 3.82. The molecule has 0 atom stereocenters. The Balaban J connectivity index is 1.56. The van der Waals surface area contributed by atoms with E-state index in [0.29, 0.717) is 23.8 Å². The van der Waals surface area contributed by atoms with Crippen LogP contribution in [-0.4, -0.2) is 43.5 Å². The van der Waals surface area contributed by atoms with Crippen LogP contribution in [0.5, 0.6) is 0 Å². The van der Waals surface area contributed by atoms with E-state index in [2.05, 4.69) is 30.6 Å². The molecule has 0 unspecified atom stereocenters. The van der Waals surface area contributed by atoms with Crippen molar-refractivity contribution in [2.24, 2.45) is 0 Å². The van der Waals surface area contributed by atoms with Gasteiger partial charge in [0.05, 0.1) is 16.9 Å². The number of carbonyl (C=O) groups excluding carboxylic acids is 1. The quantitative estimate of drug-likeness (QED) is 0.654. The van der Waals surface area contributed by atoms with Gasteiger partial charge in [-0.15, -0.1) is 11.3 Å². The van der Waals surface area contributed by atoms with Crippen LogP contribution in [-0.2, 0) is 0 Å². The summed E-state index contributed by atoms with van der Waals surface area (Å²) >= 11 is 1.34. The zero-order valence-corrected chi connectivity index (χ0v) is 15.1. The highest BCUT2D eigenvalue weighted by Gasteiger charge is 2.11. The Kier molecular flexibility index (Phi) is 5.03. The van der Waals surface area contributed by atoms with Gasteiger partial charge in [-0.2, -0.15) is 0 Å². The molecule has 0 saturated carbocycles. The summed E-state index contributed by atoms with van der Waals surface area (Å²) in [5.41, 5.74) is 4.43. The number of nitrogens with one attached hydrogen (secondary N) is 2. The van der Waals surface area contributed by atoms with Gasteiger partial charge in [0.25, 0.3) is 5.91 Å². The van der Waals surface area contributed by atoms with Crippen LogP contribution in [0.25, 0.3) is 5.82 Å². The van der Waals surface area contributed by atoms with Crippen molar-refractivity contribution in [2.45, 2.75) is 20.8 Å². The average Bonchev–Trinajstić information content (AvgIpc) is 3.18. The van der Waals surface area contributed by atoms with Crippen molar-refractivity contribution in [1.82, 2.24) is 29.8 Å². The van der Waals surface area contributed by atoms with E-state index in [9.17, 15) is 4.79 Å². The summed E-state index contributed by atoms with van der Waals surface area (Å²) in [5.74, 6) is 1.34. The van der Waals surface area contributed by atoms with Crippen LogP contribution in [0, 0.1) is 20.8 Å². The van der Waals surface area contributed by atoms with Crippen molar-refractivity contribution in [3.8, 4) is 5.82 Å². The molecule has 3 aromatic rings. The molecule has 2 N–H and O–H groups in total. The van der Waals surface area contributed by atoms with Gasteiger partial charge < -0.3 is 10.6 Å².